The summed E-state index contributed by atoms with van der Waals surface area (Å²) in [6, 6.07) is 21.0. The first kappa shape index (κ1) is 19.0. The topological polar surface area (TPSA) is 60.3 Å². The SMILES string of the molecule is Cc1cc(C(=O)O[C@@H](C(=O)NC2CC2)c2ccccc2)c(C)n1-c1ccccc1. The van der Waals surface area contributed by atoms with Crippen LogP contribution in [0.4, 0.5) is 0 Å². The molecule has 1 aliphatic carbocycles. The number of aryl methyl sites for hydroxylation is 1. The molecule has 0 spiro atoms. The standard InChI is InChI=1S/C24H24N2O3/c1-16-15-21(17(2)26(16)20-11-7-4-8-12-20)24(28)29-22(18-9-5-3-6-10-18)23(27)25-19-13-14-19/h3-12,15,19,22H,13-14H2,1-2H3,(H,25,27)/t22-/m1/s1. The van der Waals surface area contributed by atoms with Crippen molar-refractivity contribution >= 4 is 11.9 Å². The molecule has 29 heavy (non-hydrogen) atoms. The second kappa shape index (κ2) is 7.95. The van der Waals surface area contributed by atoms with Gasteiger partial charge in [0.25, 0.3) is 5.91 Å². The number of para-hydroxylation sites is 1. The summed E-state index contributed by atoms with van der Waals surface area (Å²) in [6.07, 6.45) is 0.975. The molecule has 1 atom stereocenters. The van der Waals surface area contributed by atoms with Crippen LogP contribution < -0.4 is 5.32 Å². The molecule has 1 N–H and O–H groups in total. The molecule has 1 aliphatic rings. The first-order valence-corrected chi connectivity index (χ1v) is 9.85. The first-order valence-electron chi connectivity index (χ1n) is 9.85. The van der Waals surface area contributed by atoms with Crippen LogP contribution in [0, 0.1) is 13.8 Å². The summed E-state index contributed by atoms with van der Waals surface area (Å²) in [7, 11) is 0. The monoisotopic (exact) mass is 388 g/mol. The lowest BCUT2D eigenvalue weighted by Gasteiger charge is -2.18. The third kappa shape index (κ3) is 4.09. The lowest BCUT2D eigenvalue weighted by molar-refractivity contribution is -0.130. The van der Waals surface area contributed by atoms with E-state index in [4.69, 9.17) is 4.74 Å². The highest BCUT2D eigenvalue weighted by atomic mass is 16.5. The fourth-order valence-corrected chi connectivity index (χ4v) is 3.52. The summed E-state index contributed by atoms with van der Waals surface area (Å²) < 4.78 is 7.75. The van der Waals surface area contributed by atoms with E-state index in [0.717, 1.165) is 29.9 Å². The smallest absolute Gasteiger partial charge is 0.341 e. The molecule has 1 heterocycles. The Morgan fingerprint density at radius 1 is 1.00 bits per heavy atom. The van der Waals surface area contributed by atoms with E-state index < -0.39 is 12.1 Å². The van der Waals surface area contributed by atoms with Gasteiger partial charge < -0.3 is 14.6 Å². The molecule has 5 heteroatoms. The number of benzene rings is 2. The Hall–Kier alpha value is -3.34. The maximum absolute atomic E-state index is 13.0. The summed E-state index contributed by atoms with van der Waals surface area (Å²) in [4.78, 5) is 25.8. The van der Waals surface area contributed by atoms with Gasteiger partial charge in [-0.1, -0.05) is 48.5 Å². The number of esters is 1. The van der Waals surface area contributed by atoms with Gasteiger partial charge in [0.05, 0.1) is 5.56 Å². The van der Waals surface area contributed by atoms with Crippen LogP contribution in [-0.4, -0.2) is 22.5 Å². The van der Waals surface area contributed by atoms with E-state index in [1.165, 1.54) is 0 Å². The molecule has 2 aromatic carbocycles. The molecule has 1 fully saturated rings. The number of hydrogen-bond acceptors (Lipinski definition) is 3. The third-order valence-electron chi connectivity index (χ3n) is 5.15. The molecule has 1 aromatic heterocycles. The molecular weight excluding hydrogens is 364 g/mol. The van der Waals surface area contributed by atoms with E-state index >= 15 is 0 Å². The Morgan fingerprint density at radius 3 is 2.24 bits per heavy atom. The lowest BCUT2D eigenvalue weighted by Crippen LogP contribution is -2.33. The number of nitrogens with one attached hydrogen (secondary N) is 1. The van der Waals surface area contributed by atoms with Gasteiger partial charge in [-0.15, -0.1) is 0 Å². The summed E-state index contributed by atoms with van der Waals surface area (Å²) in [6.45, 7) is 3.84. The Balaban J connectivity index is 1.62. The molecular formula is C24H24N2O3. The molecule has 0 bridgehead atoms. The molecule has 0 aliphatic heterocycles. The van der Waals surface area contributed by atoms with Crippen molar-refractivity contribution in [3.63, 3.8) is 0 Å². The molecule has 5 nitrogen and oxygen atoms in total. The number of carbonyl (C=O) groups excluding carboxylic acids is 2. The molecule has 0 unspecified atom stereocenters. The first-order chi connectivity index (χ1) is 14.0. The van der Waals surface area contributed by atoms with Crippen LogP contribution in [0.3, 0.4) is 0 Å². The zero-order valence-corrected chi connectivity index (χ0v) is 16.6. The van der Waals surface area contributed by atoms with Gasteiger partial charge in [0, 0.05) is 28.7 Å². The van der Waals surface area contributed by atoms with Gasteiger partial charge in [0.2, 0.25) is 6.10 Å². The number of hydrogen-bond donors (Lipinski definition) is 1. The van der Waals surface area contributed by atoms with Crippen molar-refractivity contribution in [2.75, 3.05) is 0 Å². The van der Waals surface area contributed by atoms with E-state index in [1.54, 1.807) is 12.1 Å². The van der Waals surface area contributed by atoms with Crippen molar-refractivity contribution in [1.82, 2.24) is 9.88 Å². The Kier molecular flexibility index (Phi) is 5.21. The largest absolute Gasteiger partial charge is 0.444 e. The van der Waals surface area contributed by atoms with Crippen LogP contribution in [0.2, 0.25) is 0 Å². The number of ether oxygens (including phenoxy) is 1. The number of rotatable bonds is 6. The van der Waals surface area contributed by atoms with Gasteiger partial charge >= 0.3 is 5.97 Å². The molecule has 0 saturated heterocycles. The van der Waals surface area contributed by atoms with Crippen LogP contribution in [0.1, 0.15) is 46.3 Å². The van der Waals surface area contributed by atoms with Gasteiger partial charge in [0.1, 0.15) is 0 Å². The van der Waals surface area contributed by atoms with E-state index in [9.17, 15) is 9.59 Å². The number of carbonyl (C=O) groups is 2. The molecule has 4 rings (SSSR count). The maximum Gasteiger partial charge on any atom is 0.341 e. The molecule has 1 amide bonds. The van der Waals surface area contributed by atoms with E-state index in [2.05, 4.69) is 5.32 Å². The highest BCUT2D eigenvalue weighted by molar-refractivity contribution is 5.94. The van der Waals surface area contributed by atoms with Crippen molar-refractivity contribution in [2.45, 2.75) is 38.8 Å². The highest BCUT2D eigenvalue weighted by Crippen LogP contribution is 2.26. The summed E-state index contributed by atoms with van der Waals surface area (Å²) in [5.41, 5.74) is 3.82. The minimum absolute atomic E-state index is 0.190. The Morgan fingerprint density at radius 2 is 1.62 bits per heavy atom. The quantitative estimate of drug-likeness (QED) is 0.642. The number of aromatic nitrogens is 1. The molecule has 1 saturated carbocycles. The molecule has 0 radical (unpaired) electrons. The fourth-order valence-electron chi connectivity index (χ4n) is 3.52. The summed E-state index contributed by atoms with van der Waals surface area (Å²) >= 11 is 0. The average molecular weight is 388 g/mol. The second-order valence-corrected chi connectivity index (χ2v) is 7.43. The van der Waals surface area contributed by atoms with Crippen molar-refractivity contribution in [1.29, 1.82) is 0 Å². The second-order valence-electron chi connectivity index (χ2n) is 7.43. The zero-order chi connectivity index (χ0) is 20.4. The van der Waals surface area contributed by atoms with Crippen LogP contribution in [0.15, 0.2) is 66.7 Å². The normalized spacial score (nSPS) is 14.3. The van der Waals surface area contributed by atoms with Crippen LogP contribution in [-0.2, 0) is 9.53 Å². The highest BCUT2D eigenvalue weighted by Gasteiger charge is 2.31. The fraction of sp³-hybridized carbons (Fsp3) is 0.250. The van der Waals surface area contributed by atoms with Crippen molar-refractivity contribution in [3.05, 3.63) is 89.2 Å². The molecule has 148 valence electrons. The maximum atomic E-state index is 13.0. The molecule has 3 aromatic rings. The number of nitrogens with zero attached hydrogens (tertiary/aromatic N) is 1. The lowest BCUT2D eigenvalue weighted by atomic mass is 10.1. The average Bonchev–Trinajstić information content (AvgIpc) is 3.50. The van der Waals surface area contributed by atoms with Gasteiger partial charge in [-0.3, -0.25) is 4.79 Å². The van der Waals surface area contributed by atoms with Crippen molar-refractivity contribution in [2.24, 2.45) is 0 Å². The summed E-state index contributed by atoms with van der Waals surface area (Å²) in [5.74, 6) is -0.774. The minimum atomic E-state index is -0.968. The van der Waals surface area contributed by atoms with Crippen LogP contribution >= 0.6 is 0 Å². The predicted molar refractivity (Wildman–Crippen MR) is 111 cm³/mol. The van der Waals surface area contributed by atoms with E-state index in [1.807, 2.05) is 73.0 Å². The summed E-state index contributed by atoms with van der Waals surface area (Å²) in [5, 5.41) is 2.94. The van der Waals surface area contributed by atoms with Crippen LogP contribution in [0.5, 0.6) is 0 Å². The van der Waals surface area contributed by atoms with Crippen LogP contribution in [0.25, 0.3) is 5.69 Å². The van der Waals surface area contributed by atoms with Gasteiger partial charge in [-0.2, -0.15) is 0 Å². The van der Waals surface area contributed by atoms with Gasteiger partial charge in [-0.25, -0.2) is 4.79 Å². The minimum Gasteiger partial charge on any atom is -0.444 e. The van der Waals surface area contributed by atoms with Gasteiger partial charge in [0.15, 0.2) is 0 Å². The number of amides is 1. The van der Waals surface area contributed by atoms with Crippen molar-refractivity contribution in [3.8, 4) is 5.69 Å². The van der Waals surface area contributed by atoms with Crippen molar-refractivity contribution < 1.29 is 14.3 Å². The van der Waals surface area contributed by atoms with E-state index in [0.29, 0.717) is 11.1 Å². The Bertz CT molecular complexity index is 1020. The zero-order valence-electron chi connectivity index (χ0n) is 16.6. The van der Waals surface area contributed by atoms with E-state index in [-0.39, 0.29) is 11.9 Å². The Labute approximate surface area is 170 Å². The predicted octanol–water partition coefficient (Wildman–Crippen LogP) is 4.27. The van der Waals surface area contributed by atoms with Gasteiger partial charge in [-0.05, 0) is 44.9 Å². The third-order valence-corrected chi connectivity index (χ3v) is 5.15.